The number of hydrogen-bond donors (Lipinski definition) is 1. The summed E-state index contributed by atoms with van der Waals surface area (Å²) in [5.41, 5.74) is 8.60. The molecular formula is C26H25N9O. The van der Waals surface area contributed by atoms with Crippen LogP contribution in [-0.2, 0) is 0 Å². The highest BCUT2D eigenvalue weighted by Gasteiger charge is 2.27. The van der Waals surface area contributed by atoms with Gasteiger partial charge in [0.25, 0.3) is 0 Å². The van der Waals surface area contributed by atoms with Crippen LogP contribution in [0.3, 0.4) is 0 Å². The van der Waals surface area contributed by atoms with Crippen LogP contribution in [0.15, 0.2) is 84.5 Å². The summed E-state index contributed by atoms with van der Waals surface area (Å²) in [6.07, 6.45) is 14.6. The molecule has 2 aliphatic heterocycles. The first-order valence-electron chi connectivity index (χ1n) is 11.8. The Morgan fingerprint density at radius 2 is 1.81 bits per heavy atom. The van der Waals surface area contributed by atoms with Crippen molar-refractivity contribution in [3.05, 3.63) is 79.5 Å². The largest absolute Gasteiger partial charge is 0.439 e. The number of hydrazine groups is 1. The third-order valence-electron chi connectivity index (χ3n) is 6.31. The Bertz CT molecular complexity index is 1420. The van der Waals surface area contributed by atoms with E-state index in [1.807, 2.05) is 76.8 Å². The normalized spacial score (nSPS) is 16.5. The Hall–Kier alpha value is -4.57. The van der Waals surface area contributed by atoms with Crippen molar-refractivity contribution in [2.24, 2.45) is 4.99 Å². The molecule has 2 aliphatic rings. The molecule has 4 aromatic rings. The minimum Gasteiger partial charge on any atom is -0.439 e. The van der Waals surface area contributed by atoms with Gasteiger partial charge < -0.3 is 10.5 Å². The molecule has 36 heavy (non-hydrogen) atoms. The van der Waals surface area contributed by atoms with Crippen molar-refractivity contribution in [3.63, 3.8) is 0 Å². The van der Waals surface area contributed by atoms with E-state index >= 15 is 0 Å². The lowest BCUT2D eigenvalue weighted by atomic mass is 10.1. The van der Waals surface area contributed by atoms with Gasteiger partial charge in [0.15, 0.2) is 5.65 Å². The van der Waals surface area contributed by atoms with Crippen LogP contribution in [0.25, 0.3) is 22.3 Å². The number of anilines is 1. The molecule has 0 bridgehead atoms. The van der Waals surface area contributed by atoms with Gasteiger partial charge >= 0.3 is 0 Å². The Kier molecular flexibility index (Phi) is 5.84. The first-order valence-corrected chi connectivity index (χ1v) is 11.8. The SMILES string of the molecule is Nc1ncnc2c1c(-c1ccc(Oc3ccccc3)nc1)nn2C1CCN(N2C=CC=CN=C2)CC1. The van der Waals surface area contributed by atoms with Crippen LogP contribution in [0.1, 0.15) is 18.9 Å². The lowest BCUT2D eigenvalue weighted by Crippen LogP contribution is -2.44. The number of piperidine rings is 1. The number of pyridine rings is 1. The Labute approximate surface area is 208 Å². The molecule has 180 valence electrons. The highest BCUT2D eigenvalue weighted by atomic mass is 16.5. The molecule has 0 spiro atoms. The average Bonchev–Trinajstić information content (AvgIpc) is 3.11. The van der Waals surface area contributed by atoms with Gasteiger partial charge in [0.2, 0.25) is 5.88 Å². The van der Waals surface area contributed by atoms with Crippen molar-refractivity contribution in [2.75, 3.05) is 18.8 Å². The molecule has 10 heteroatoms. The zero-order valence-corrected chi connectivity index (χ0v) is 19.6. The van der Waals surface area contributed by atoms with Crippen molar-refractivity contribution in [3.8, 4) is 22.9 Å². The molecule has 3 aromatic heterocycles. The van der Waals surface area contributed by atoms with E-state index in [9.17, 15) is 0 Å². The molecule has 6 rings (SSSR count). The van der Waals surface area contributed by atoms with E-state index in [4.69, 9.17) is 15.6 Å². The van der Waals surface area contributed by atoms with Crippen molar-refractivity contribution >= 4 is 23.2 Å². The predicted molar refractivity (Wildman–Crippen MR) is 138 cm³/mol. The number of nitrogen functional groups attached to an aromatic ring is 1. The van der Waals surface area contributed by atoms with E-state index < -0.39 is 0 Å². The summed E-state index contributed by atoms with van der Waals surface area (Å²) in [5.74, 6) is 1.64. The average molecular weight is 480 g/mol. The third-order valence-corrected chi connectivity index (χ3v) is 6.31. The fourth-order valence-corrected chi connectivity index (χ4v) is 4.52. The van der Waals surface area contributed by atoms with Crippen LogP contribution in [0, 0.1) is 0 Å². The van der Waals surface area contributed by atoms with Crippen LogP contribution < -0.4 is 10.5 Å². The highest BCUT2D eigenvalue weighted by molar-refractivity contribution is 5.98. The Balaban J connectivity index is 1.26. The van der Waals surface area contributed by atoms with E-state index in [2.05, 4.69) is 25.0 Å². The Morgan fingerprint density at radius 3 is 2.61 bits per heavy atom. The van der Waals surface area contributed by atoms with Gasteiger partial charge in [0, 0.05) is 43.3 Å². The quantitative estimate of drug-likeness (QED) is 0.454. The van der Waals surface area contributed by atoms with Crippen LogP contribution in [0.4, 0.5) is 5.82 Å². The lowest BCUT2D eigenvalue weighted by Gasteiger charge is -2.36. The van der Waals surface area contributed by atoms with Crippen LogP contribution in [0.5, 0.6) is 11.6 Å². The van der Waals surface area contributed by atoms with E-state index in [-0.39, 0.29) is 6.04 Å². The smallest absolute Gasteiger partial charge is 0.219 e. The van der Waals surface area contributed by atoms with E-state index in [1.54, 1.807) is 12.4 Å². The van der Waals surface area contributed by atoms with E-state index in [0.717, 1.165) is 54.0 Å². The molecule has 1 saturated heterocycles. The summed E-state index contributed by atoms with van der Waals surface area (Å²) >= 11 is 0. The number of nitrogens with two attached hydrogens (primary N) is 1. The van der Waals surface area contributed by atoms with Gasteiger partial charge in [-0.15, -0.1) is 0 Å². The molecule has 0 atom stereocenters. The second-order valence-corrected chi connectivity index (χ2v) is 8.56. The molecule has 0 amide bonds. The summed E-state index contributed by atoms with van der Waals surface area (Å²) in [4.78, 5) is 17.6. The van der Waals surface area contributed by atoms with Crippen LogP contribution in [-0.4, -0.2) is 54.2 Å². The zero-order valence-electron chi connectivity index (χ0n) is 19.6. The first-order chi connectivity index (χ1) is 17.8. The van der Waals surface area contributed by atoms with Crippen LogP contribution in [0.2, 0.25) is 0 Å². The van der Waals surface area contributed by atoms with Gasteiger partial charge in [-0.05, 0) is 43.2 Å². The molecule has 10 nitrogen and oxygen atoms in total. The van der Waals surface area contributed by atoms with Gasteiger partial charge in [-0.1, -0.05) is 18.2 Å². The van der Waals surface area contributed by atoms with E-state index in [0.29, 0.717) is 11.7 Å². The fourth-order valence-electron chi connectivity index (χ4n) is 4.52. The minimum atomic E-state index is 0.187. The van der Waals surface area contributed by atoms with Crippen molar-refractivity contribution in [1.29, 1.82) is 0 Å². The van der Waals surface area contributed by atoms with Gasteiger partial charge in [0.05, 0.1) is 11.4 Å². The maximum Gasteiger partial charge on any atom is 0.219 e. The summed E-state index contributed by atoms with van der Waals surface area (Å²) in [6.45, 7) is 1.73. The molecule has 1 fully saturated rings. The molecular weight excluding hydrogens is 454 g/mol. The summed E-state index contributed by atoms with van der Waals surface area (Å²) < 4.78 is 7.84. The maximum absolute atomic E-state index is 6.31. The van der Waals surface area contributed by atoms with Crippen molar-refractivity contribution < 1.29 is 4.74 Å². The summed E-state index contributed by atoms with van der Waals surface area (Å²) in [6, 6.07) is 13.5. The topological polar surface area (TPSA) is 111 Å². The molecule has 1 aromatic carbocycles. The number of aromatic nitrogens is 5. The predicted octanol–water partition coefficient (Wildman–Crippen LogP) is 4.19. The Morgan fingerprint density at radius 1 is 0.944 bits per heavy atom. The molecule has 0 saturated carbocycles. The second kappa shape index (κ2) is 9.59. The highest BCUT2D eigenvalue weighted by Crippen LogP contribution is 2.34. The molecule has 0 aliphatic carbocycles. The number of rotatable bonds is 5. The maximum atomic E-state index is 6.31. The van der Waals surface area contributed by atoms with Gasteiger partial charge in [0.1, 0.15) is 29.9 Å². The van der Waals surface area contributed by atoms with Crippen molar-refractivity contribution in [1.82, 2.24) is 34.8 Å². The lowest BCUT2D eigenvalue weighted by molar-refractivity contribution is 0.0520. The summed E-state index contributed by atoms with van der Waals surface area (Å²) in [7, 11) is 0. The van der Waals surface area contributed by atoms with Gasteiger partial charge in [-0.3, -0.25) is 5.01 Å². The zero-order chi connectivity index (χ0) is 24.3. The van der Waals surface area contributed by atoms with Crippen LogP contribution >= 0.6 is 0 Å². The number of benzene rings is 1. The van der Waals surface area contributed by atoms with Gasteiger partial charge in [-0.2, -0.15) is 5.10 Å². The number of ether oxygens (including phenoxy) is 1. The number of allylic oxidation sites excluding steroid dienone is 2. The second-order valence-electron chi connectivity index (χ2n) is 8.56. The molecule has 0 radical (unpaired) electrons. The standard InChI is InChI=1S/C26H25N9O/c27-25-23-24(19-8-9-22(29-16-19)36-21-6-2-1-3-7-21)32-35(26(23)31-17-30-25)20-10-14-33(15-11-20)34-13-5-4-12-28-18-34/h1-9,12-13,16-18,20H,10-11,14-15H2,(H2,27,30,31). The molecule has 5 heterocycles. The number of fused-ring (bicyclic) bond motifs is 1. The molecule has 2 N–H and O–H groups in total. The van der Waals surface area contributed by atoms with Gasteiger partial charge in [-0.25, -0.2) is 29.6 Å². The number of hydrogen-bond acceptors (Lipinski definition) is 9. The minimum absolute atomic E-state index is 0.187. The monoisotopic (exact) mass is 479 g/mol. The molecule has 0 unspecified atom stereocenters. The first kappa shape index (κ1) is 21.9. The van der Waals surface area contributed by atoms with Crippen molar-refractivity contribution in [2.45, 2.75) is 18.9 Å². The summed E-state index contributed by atoms with van der Waals surface area (Å²) in [5, 5.41) is 10.0. The number of para-hydroxylation sites is 1. The fraction of sp³-hybridized carbons (Fsp3) is 0.192. The third kappa shape index (κ3) is 4.29. The van der Waals surface area contributed by atoms with E-state index in [1.165, 1.54) is 6.33 Å². The number of nitrogens with zero attached hydrogens (tertiary/aromatic N) is 8. The number of aliphatic imine (C=N–C) groups is 1.